The molecular weight excluding hydrogens is 467 g/mol. The lowest BCUT2D eigenvalue weighted by molar-refractivity contribution is -0.117. The molecule has 4 rings (SSSR count). The number of carbonyl (C=O) groups excluding carboxylic acids is 1. The summed E-state index contributed by atoms with van der Waals surface area (Å²) in [7, 11) is -2.84. The largest absolute Gasteiger partial charge is 0.407 e. The summed E-state index contributed by atoms with van der Waals surface area (Å²) in [4.78, 5) is 11.2. The molecule has 2 N–H and O–H groups in total. The first-order chi connectivity index (χ1) is 16.0. The van der Waals surface area contributed by atoms with Crippen molar-refractivity contribution in [2.45, 2.75) is 11.1 Å². The van der Waals surface area contributed by atoms with Gasteiger partial charge in [0, 0.05) is 29.7 Å². The number of nitrogens with two attached hydrogens (primary N) is 1. The molecule has 0 saturated heterocycles. The van der Waals surface area contributed by atoms with Crippen LogP contribution in [0.3, 0.4) is 0 Å². The predicted octanol–water partition coefficient (Wildman–Crippen LogP) is 4.70. The topological polar surface area (TPSA) is 85.4 Å². The minimum Gasteiger partial charge on any atom is -0.366 e. The molecule has 0 unspecified atom stereocenters. The first-order valence-electron chi connectivity index (χ1n) is 10.1. The van der Waals surface area contributed by atoms with E-state index in [1.807, 2.05) is 0 Å². The van der Waals surface area contributed by atoms with Crippen molar-refractivity contribution in [3.63, 3.8) is 0 Å². The molecule has 1 heterocycles. The van der Waals surface area contributed by atoms with E-state index in [1.54, 1.807) is 54.2 Å². The molecule has 6 nitrogen and oxygen atoms in total. The van der Waals surface area contributed by atoms with Gasteiger partial charge in [0.15, 0.2) is 0 Å². The summed E-state index contributed by atoms with van der Waals surface area (Å²) < 4.78 is 69.4. The molecule has 0 saturated carbocycles. The van der Waals surface area contributed by atoms with Crippen LogP contribution in [-0.4, -0.2) is 31.6 Å². The van der Waals surface area contributed by atoms with Crippen LogP contribution in [0.1, 0.15) is 10.4 Å². The Morgan fingerprint density at radius 3 is 2.29 bits per heavy atom. The molecule has 0 aliphatic heterocycles. The number of halogens is 3. The van der Waals surface area contributed by atoms with Crippen molar-refractivity contribution in [3.05, 3.63) is 84.6 Å². The zero-order valence-electron chi connectivity index (χ0n) is 18.0. The van der Waals surface area contributed by atoms with Crippen molar-refractivity contribution in [2.24, 2.45) is 12.8 Å². The Balaban J connectivity index is 1.79. The standard InChI is InChI=1S/C24H20F3N3O3S/c1-29-13-12-20-21(29)6-3-7-22(20)34(32,33)30(15-24(25,26)27)19-10-8-16(9-11-19)17-4-2-5-18(14-17)23(28)31/h2-14H,15H2,1H3,(H2,28,31). The molecule has 34 heavy (non-hydrogen) atoms. The average molecular weight is 488 g/mol. The fourth-order valence-corrected chi connectivity index (χ4v) is 5.42. The minimum absolute atomic E-state index is 0.139. The molecule has 0 fully saturated rings. The van der Waals surface area contributed by atoms with Crippen molar-refractivity contribution >= 4 is 32.5 Å². The highest BCUT2D eigenvalue weighted by molar-refractivity contribution is 7.93. The predicted molar refractivity (Wildman–Crippen MR) is 124 cm³/mol. The highest BCUT2D eigenvalue weighted by Gasteiger charge is 2.38. The summed E-state index contributed by atoms with van der Waals surface area (Å²) in [6, 6.07) is 18.1. The molecule has 0 radical (unpaired) electrons. The van der Waals surface area contributed by atoms with Crippen molar-refractivity contribution in [2.75, 3.05) is 10.8 Å². The monoisotopic (exact) mass is 487 g/mol. The fraction of sp³-hybridized carbons (Fsp3) is 0.125. The van der Waals surface area contributed by atoms with Gasteiger partial charge in [0.2, 0.25) is 5.91 Å². The molecule has 176 valence electrons. The van der Waals surface area contributed by atoms with Crippen LogP contribution in [-0.2, 0) is 17.1 Å². The van der Waals surface area contributed by atoms with Gasteiger partial charge in [-0.15, -0.1) is 0 Å². The minimum atomic E-state index is -4.77. The number of alkyl halides is 3. The quantitative estimate of drug-likeness (QED) is 0.428. The molecule has 1 aromatic heterocycles. The summed E-state index contributed by atoms with van der Waals surface area (Å²) in [5.74, 6) is -0.615. The number of anilines is 1. The number of hydrogen-bond donors (Lipinski definition) is 1. The summed E-state index contributed by atoms with van der Waals surface area (Å²) in [5.41, 5.74) is 7.22. The van der Waals surface area contributed by atoms with Gasteiger partial charge in [-0.25, -0.2) is 8.42 Å². The number of amides is 1. The van der Waals surface area contributed by atoms with Crippen LogP contribution in [0.2, 0.25) is 0 Å². The van der Waals surface area contributed by atoms with Crippen molar-refractivity contribution in [3.8, 4) is 11.1 Å². The molecule has 3 aromatic carbocycles. The maximum Gasteiger partial charge on any atom is 0.407 e. The molecular formula is C24H20F3N3O3S. The molecule has 0 bridgehead atoms. The SMILES string of the molecule is Cn1ccc2c(S(=O)(=O)N(CC(F)(F)F)c3ccc(-c4cccc(C(N)=O)c4)cc3)cccc21. The Hall–Kier alpha value is -3.79. The van der Waals surface area contributed by atoms with Crippen LogP contribution < -0.4 is 10.0 Å². The van der Waals surface area contributed by atoms with Gasteiger partial charge in [-0.05, 0) is 53.6 Å². The lowest BCUT2D eigenvalue weighted by atomic mass is 10.0. The van der Waals surface area contributed by atoms with Crippen molar-refractivity contribution < 1.29 is 26.4 Å². The Kier molecular flexibility index (Phi) is 5.86. The third kappa shape index (κ3) is 4.49. The van der Waals surface area contributed by atoms with Crippen LogP contribution >= 0.6 is 0 Å². The lowest BCUT2D eigenvalue weighted by Crippen LogP contribution is -2.39. The van der Waals surface area contributed by atoms with Gasteiger partial charge in [-0.2, -0.15) is 13.2 Å². The van der Waals surface area contributed by atoms with Crippen molar-refractivity contribution in [1.82, 2.24) is 4.57 Å². The van der Waals surface area contributed by atoms with E-state index in [-0.39, 0.29) is 16.1 Å². The summed E-state index contributed by atoms with van der Waals surface area (Å²) in [6.45, 7) is -1.69. The zero-order chi connectivity index (χ0) is 24.7. The average Bonchev–Trinajstić information content (AvgIpc) is 3.18. The van der Waals surface area contributed by atoms with Gasteiger partial charge < -0.3 is 10.3 Å². The Bertz CT molecular complexity index is 1480. The molecule has 0 spiro atoms. The van der Waals surface area contributed by atoms with Crippen molar-refractivity contribution in [1.29, 1.82) is 0 Å². The summed E-state index contributed by atoms with van der Waals surface area (Å²) >= 11 is 0. The van der Waals surface area contributed by atoms with E-state index in [1.165, 1.54) is 36.4 Å². The second-order valence-corrected chi connectivity index (χ2v) is 9.57. The molecule has 0 atom stereocenters. The highest BCUT2D eigenvalue weighted by atomic mass is 32.2. The van der Waals surface area contributed by atoms with E-state index in [4.69, 9.17) is 5.73 Å². The van der Waals surface area contributed by atoms with Crippen LogP contribution in [0.15, 0.2) is 83.9 Å². The second kappa shape index (κ2) is 8.53. The van der Waals surface area contributed by atoms with E-state index < -0.39 is 28.7 Å². The molecule has 10 heteroatoms. The number of aromatic nitrogens is 1. The lowest BCUT2D eigenvalue weighted by Gasteiger charge is -2.26. The maximum atomic E-state index is 13.5. The van der Waals surface area contributed by atoms with E-state index in [0.29, 0.717) is 26.3 Å². The number of sulfonamides is 1. The number of benzene rings is 3. The van der Waals surface area contributed by atoms with E-state index in [2.05, 4.69) is 0 Å². The number of fused-ring (bicyclic) bond motifs is 1. The normalized spacial score (nSPS) is 12.1. The van der Waals surface area contributed by atoms with E-state index in [9.17, 15) is 26.4 Å². The van der Waals surface area contributed by atoms with E-state index in [0.717, 1.165) is 0 Å². The number of nitrogens with zero attached hydrogens (tertiary/aromatic N) is 2. The number of aryl methyl sites for hydroxylation is 1. The molecule has 1 amide bonds. The first-order valence-corrected chi connectivity index (χ1v) is 11.6. The Labute approximate surface area is 194 Å². The first kappa shape index (κ1) is 23.4. The summed E-state index contributed by atoms with van der Waals surface area (Å²) in [5, 5.41) is 0.331. The number of hydrogen-bond acceptors (Lipinski definition) is 3. The van der Waals surface area contributed by atoms with Gasteiger partial charge in [0.05, 0.1) is 10.6 Å². The number of carbonyl (C=O) groups is 1. The summed E-state index contributed by atoms with van der Waals surface area (Å²) in [6.07, 6.45) is -3.13. The van der Waals surface area contributed by atoms with Gasteiger partial charge in [0.1, 0.15) is 6.54 Å². The number of primary amides is 1. The van der Waals surface area contributed by atoms with Gasteiger partial charge in [0.25, 0.3) is 10.0 Å². The van der Waals surface area contributed by atoms with Gasteiger partial charge >= 0.3 is 6.18 Å². The van der Waals surface area contributed by atoms with E-state index >= 15 is 0 Å². The van der Waals surface area contributed by atoms with Gasteiger partial charge in [-0.1, -0.05) is 30.3 Å². The third-order valence-corrected chi connectivity index (χ3v) is 7.25. The van der Waals surface area contributed by atoms with Crippen LogP contribution in [0.5, 0.6) is 0 Å². The van der Waals surface area contributed by atoms with Crippen LogP contribution in [0.25, 0.3) is 22.0 Å². The molecule has 0 aliphatic carbocycles. The van der Waals surface area contributed by atoms with Crippen LogP contribution in [0.4, 0.5) is 18.9 Å². The smallest absolute Gasteiger partial charge is 0.366 e. The molecule has 0 aliphatic rings. The van der Waals surface area contributed by atoms with Gasteiger partial charge in [-0.3, -0.25) is 9.10 Å². The Morgan fingerprint density at radius 1 is 0.971 bits per heavy atom. The third-order valence-electron chi connectivity index (χ3n) is 5.41. The highest BCUT2D eigenvalue weighted by Crippen LogP contribution is 2.33. The maximum absolute atomic E-state index is 13.5. The zero-order valence-corrected chi connectivity index (χ0v) is 18.8. The number of rotatable bonds is 6. The van der Waals surface area contributed by atoms with Crippen LogP contribution in [0, 0.1) is 0 Å². The Morgan fingerprint density at radius 2 is 1.65 bits per heavy atom. The molecule has 4 aromatic rings. The fourth-order valence-electron chi connectivity index (χ4n) is 3.77. The second-order valence-electron chi connectivity index (χ2n) is 7.73.